The van der Waals surface area contributed by atoms with Gasteiger partial charge >= 0.3 is 0 Å². The summed E-state index contributed by atoms with van der Waals surface area (Å²) in [5, 5.41) is 5.39. The van der Waals surface area contributed by atoms with Gasteiger partial charge in [0.05, 0.1) is 29.9 Å². The second-order valence-corrected chi connectivity index (χ2v) is 12.4. The van der Waals surface area contributed by atoms with Crippen LogP contribution in [0.5, 0.6) is 0 Å². The van der Waals surface area contributed by atoms with Crippen LogP contribution in [0.15, 0.2) is 40.5 Å². The smallest absolute Gasteiger partial charge is 0.273 e. The molecule has 0 fully saturated rings. The van der Waals surface area contributed by atoms with Crippen molar-refractivity contribution < 1.29 is 17.6 Å². The Bertz CT molecular complexity index is 1400. The topological polar surface area (TPSA) is 81.1 Å². The molecule has 0 bridgehead atoms. The maximum Gasteiger partial charge on any atom is 0.273 e. The molecule has 0 spiro atoms. The molecule has 1 N–H and O–H groups in total. The Morgan fingerprint density at radius 3 is 2.59 bits per heavy atom. The van der Waals surface area contributed by atoms with E-state index in [1.54, 1.807) is 29.1 Å². The van der Waals surface area contributed by atoms with E-state index >= 15 is 4.39 Å². The number of nitrogens with zero attached hydrogens (tertiary/aromatic N) is 2. The van der Waals surface area contributed by atoms with Crippen LogP contribution in [-0.2, 0) is 27.8 Å². The summed E-state index contributed by atoms with van der Waals surface area (Å²) in [6.45, 7) is 0.280. The number of benzene rings is 1. The normalized spacial score (nSPS) is 15.2. The van der Waals surface area contributed by atoms with Gasteiger partial charge in [-0.15, -0.1) is 11.3 Å². The van der Waals surface area contributed by atoms with Crippen LogP contribution in [0, 0.1) is 0 Å². The molecule has 0 saturated carbocycles. The molecule has 1 aliphatic rings. The van der Waals surface area contributed by atoms with Crippen LogP contribution in [0.1, 0.15) is 36.1 Å². The van der Waals surface area contributed by atoms with Crippen LogP contribution in [0.3, 0.4) is 0 Å². The summed E-state index contributed by atoms with van der Waals surface area (Å²) < 4.78 is 43.5. The lowest BCUT2D eigenvalue weighted by Gasteiger charge is -2.19. The SMILES string of the molecule is O=C(C/C(F)=C1\CCCc2cnn(Cc3ccc(Cl)cc3Cl)c21)NS(=O)(=O)c1cc(Cl)c(Cl)s1. The first-order chi connectivity index (χ1) is 16.0. The van der Waals surface area contributed by atoms with Crippen molar-refractivity contribution in [1.29, 1.82) is 0 Å². The first-order valence-corrected chi connectivity index (χ1v) is 13.7. The lowest BCUT2D eigenvalue weighted by Crippen LogP contribution is -2.30. The number of sulfonamides is 1. The Morgan fingerprint density at radius 1 is 1.15 bits per heavy atom. The molecule has 2 aromatic heterocycles. The third kappa shape index (κ3) is 5.45. The van der Waals surface area contributed by atoms with Gasteiger partial charge in [-0.25, -0.2) is 17.5 Å². The van der Waals surface area contributed by atoms with Gasteiger partial charge in [-0.05, 0) is 48.6 Å². The first kappa shape index (κ1) is 25.5. The molecular formula is C21H16Cl4FN3O3S2. The van der Waals surface area contributed by atoms with Gasteiger partial charge in [0.2, 0.25) is 5.91 Å². The molecule has 1 aromatic carbocycles. The number of halogens is 5. The number of aromatic nitrogens is 2. The molecule has 0 unspecified atom stereocenters. The number of rotatable bonds is 6. The van der Waals surface area contributed by atoms with Gasteiger partial charge in [0.25, 0.3) is 10.0 Å². The number of carbonyl (C=O) groups excluding carboxylic acids is 1. The summed E-state index contributed by atoms with van der Waals surface area (Å²) in [6, 6.07) is 6.22. The molecule has 3 aromatic rings. The van der Waals surface area contributed by atoms with E-state index in [1.165, 1.54) is 0 Å². The van der Waals surface area contributed by atoms with E-state index in [2.05, 4.69) is 5.10 Å². The maximum absolute atomic E-state index is 15.3. The van der Waals surface area contributed by atoms with Crippen LogP contribution in [0.25, 0.3) is 5.57 Å². The average molecular weight is 583 g/mol. The minimum atomic E-state index is -4.23. The standard InChI is InChI=1S/C21H16Cl4FN3O3S2/c22-13-5-4-12(15(23)6-13)10-29-20-11(9-27-29)2-1-3-14(20)17(26)8-18(30)28-34(31,32)19-7-16(24)21(25)33-19/h4-7,9H,1-3,8,10H2,(H,28,30)/b17-14-. The number of thiophene rings is 1. The number of nitrogens with one attached hydrogen (secondary N) is 1. The van der Waals surface area contributed by atoms with Gasteiger partial charge in [-0.1, -0.05) is 52.5 Å². The van der Waals surface area contributed by atoms with Gasteiger partial charge in [0, 0.05) is 15.6 Å². The molecule has 0 radical (unpaired) electrons. The lowest BCUT2D eigenvalue weighted by atomic mass is 9.91. The number of hydrogen-bond acceptors (Lipinski definition) is 5. The molecular weight excluding hydrogens is 567 g/mol. The van der Waals surface area contributed by atoms with Crippen LogP contribution in [0.2, 0.25) is 19.4 Å². The summed E-state index contributed by atoms with van der Waals surface area (Å²) in [5.74, 6) is -1.73. The summed E-state index contributed by atoms with van der Waals surface area (Å²) in [5.41, 5.74) is 2.48. The molecule has 4 rings (SSSR count). The number of allylic oxidation sites excluding steroid dienone is 1. The molecule has 0 atom stereocenters. The highest BCUT2D eigenvalue weighted by atomic mass is 35.5. The van der Waals surface area contributed by atoms with Gasteiger partial charge in [0.15, 0.2) is 0 Å². The zero-order valence-corrected chi connectivity index (χ0v) is 21.9. The summed E-state index contributed by atoms with van der Waals surface area (Å²) in [4.78, 5) is 12.4. The number of aryl methyl sites for hydroxylation is 1. The minimum Gasteiger partial charge on any atom is -0.274 e. The highest BCUT2D eigenvalue weighted by Crippen LogP contribution is 2.36. The first-order valence-electron chi connectivity index (χ1n) is 9.92. The Balaban J connectivity index is 1.57. The second-order valence-electron chi connectivity index (χ2n) is 7.54. The number of fused-ring (bicyclic) bond motifs is 1. The van der Waals surface area contributed by atoms with Crippen LogP contribution in [0.4, 0.5) is 4.39 Å². The predicted octanol–water partition coefficient (Wildman–Crippen LogP) is 6.52. The third-order valence-electron chi connectivity index (χ3n) is 5.19. The van der Waals surface area contributed by atoms with E-state index in [0.29, 0.717) is 51.9 Å². The van der Waals surface area contributed by atoms with Crippen molar-refractivity contribution in [3.8, 4) is 0 Å². The van der Waals surface area contributed by atoms with Crippen molar-refractivity contribution in [3.63, 3.8) is 0 Å². The molecule has 180 valence electrons. The quantitative estimate of drug-likeness (QED) is 0.359. The summed E-state index contributed by atoms with van der Waals surface area (Å²) >= 11 is 24.5. The van der Waals surface area contributed by atoms with Crippen molar-refractivity contribution in [2.24, 2.45) is 0 Å². The van der Waals surface area contributed by atoms with E-state index in [4.69, 9.17) is 46.4 Å². The fourth-order valence-electron chi connectivity index (χ4n) is 3.67. The van der Waals surface area contributed by atoms with Crippen molar-refractivity contribution in [3.05, 3.63) is 72.5 Å². The average Bonchev–Trinajstić information content (AvgIpc) is 3.33. The third-order valence-corrected chi connectivity index (χ3v) is 9.49. The van der Waals surface area contributed by atoms with Gasteiger partial charge in [-0.2, -0.15) is 5.10 Å². The number of hydrogen-bond donors (Lipinski definition) is 1. The molecule has 2 heterocycles. The zero-order chi connectivity index (χ0) is 24.6. The molecule has 0 saturated heterocycles. The molecule has 1 aliphatic carbocycles. The van der Waals surface area contributed by atoms with E-state index < -0.39 is 28.2 Å². The van der Waals surface area contributed by atoms with E-state index in [1.807, 2.05) is 4.72 Å². The Labute approximate surface area is 219 Å². The van der Waals surface area contributed by atoms with Gasteiger partial charge < -0.3 is 0 Å². The summed E-state index contributed by atoms with van der Waals surface area (Å²) in [7, 11) is -4.23. The fourth-order valence-corrected chi connectivity index (χ4v) is 7.00. The minimum absolute atomic E-state index is 0.0524. The number of carbonyl (C=O) groups is 1. The number of amides is 1. The second kappa shape index (κ2) is 10.2. The summed E-state index contributed by atoms with van der Waals surface area (Å²) in [6.07, 6.45) is 2.69. The lowest BCUT2D eigenvalue weighted by molar-refractivity contribution is -0.118. The highest BCUT2D eigenvalue weighted by Gasteiger charge is 2.27. The van der Waals surface area contributed by atoms with Crippen molar-refractivity contribution in [1.82, 2.24) is 14.5 Å². The predicted molar refractivity (Wildman–Crippen MR) is 133 cm³/mol. The molecule has 34 heavy (non-hydrogen) atoms. The maximum atomic E-state index is 15.3. The van der Waals surface area contributed by atoms with E-state index in [-0.39, 0.29) is 20.1 Å². The zero-order valence-electron chi connectivity index (χ0n) is 17.2. The Hall–Kier alpha value is -1.62. The molecule has 0 aliphatic heterocycles. The monoisotopic (exact) mass is 581 g/mol. The fraction of sp³-hybridized carbons (Fsp3) is 0.238. The van der Waals surface area contributed by atoms with Gasteiger partial charge in [0.1, 0.15) is 14.4 Å². The van der Waals surface area contributed by atoms with Crippen molar-refractivity contribution in [2.75, 3.05) is 0 Å². The highest BCUT2D eigenvalue weighted by molar-refractivity contribution is 7.92. The molecule has 6 nitrogen and oxygen atoms in total. The van der Waals surface area contributed by atoms with Crippen LogP contribution >= 0.6 is 57.7 Å². The Morgan fingerprint density at radius 2 is 1.91 bits per heavy atom. The molecule has 1 amide bonds. The van der Waals surface area contributed by atoms with E-state index in [9.17, 15) is 13.2 Å². The van der Waals surface area contributed by atoms with Crippen LogP contribution < -0.4 is 4.72 Å². The van der Waals surface area contributed by atoms with Crippen LogP contribution in [-0.4, -0.2) is 24.1 Å². The van der Waals surface area contributed by atoms with Crippen molar-refractivity contribution >= 4 is 79.2 Å². The Kier molecular flexibility index (Phi) is 7.61. The van der Waals surface area contributed by atoms with E-state index in [0.717, 1.165) is 17.2 Å². The van der Waals surface area contributed by atoms with Gasteiger partial charge in [-0.3, -0.25) is 9.48 Å². The molecule has 13 heteroatoms. The largest absolute Gasteiger partial charge is 0.274 e. The van der Waals surface area contributed by atoms with Crippen molar-refractivity contribution in [2.45, 2.75) is 36.4 Å².